The van der Waals surface area contributed by atoms with Crippen LogP contribution in [0, 0.1) is 0 Å². The van der Waals surface area contributed by atoms with Crippen LogP contribution in [0.5, 0.6) is 5.75 Å². The minimum absolute atomic E-state index is 0.0849. The molecule has 1 aromatic carbocycles. The van der Waals surface area contributed by atoms with Crippen molar-refractivity contribution in [3.8, 4) is 5.75 Å². The SMILES string of the molecule is O=C(Nc1ccc(O)cn1)N1CCC(c2ccccc2)CC1. The Morgan fingerprint density at radius 1 is 1.14 bits per heavy atom. The van der Waals surface area contributed by atoms with Crippen LogP contribution in [-0.2, 0) is 0 Å². The molecule has 0 unspecified atom stereocenters. The van der Waals surface area contributed by atoms with Gasteiger partial charge in [-0.15, -0.1) is 0 Å². The van der Waals surface area contributed by atoms with Gasteiger partial charge in [0.25, 0.3) is 0 Å². The van der Waals surface area contributed by atoms with Crippen molar-refractivity contribution in [2.24, 2.45) is 0 Å². The van der Waals surface area contributed by atoms with Crippen molar-refractivity contribution < 1.29 is 9.90 Å². The standard InChI is InChI=1S/C17H19N3O2/c21-15-6-7-16(18-12-15)19-17(22)20-10-8-14(9-11-20)13-4-2-1-3-5-13/h1-7,12,14,21H,8-11H2,(H,18,19,22). The molecule has 2 N–H and O–H groups in total. The molecule has 1 aromatic heterocycles. The van der Waals surface area contributed by atoms with E-state index in [0.29, 0.717) is 11.7 Å². The Bertz CT molecular complexity index is 620. The van der Waals surface area contributed by atoms with Crippen LogP contribution in [0.1, 0.15) is 24.3 Å². The Morgan fingerprint density at radius 3 is 2.50 bits per heavy atom. The Hall–Kier alpha value is -2.56. The molecule has 1 aliphatic heterocycles. The first-order valence-corrected chi connectivity index (χ1v) is 7.48. The van der Waals surface area contributed by atoms with Crippen LogP contribution in [0.4, 0.5) is 10.6 Å². The minimum Gasteiger partial charge on any atom is -0.506 e. The van der Waals surface area contributed by atoms with E-state index in [1.807, 2.05) is 11.0 Å². The minimum atomic E-state index is -0.135. The first kappa shape index (κ1) is 14.4. The number of rotatable bonds is 2. The molecule has 0 bridgehead atoms. The maximum atomic E-state index is 12.2. The average Bonchev–Trinajstić information content (AvgIpc) is 2.58. The summed E-state index contributed by atoms with van der Waals surface area (Å²) >= 11 is 0. The second kappa shape index (κ2) is 6.47. The molecule has 1 aliphatic rings. The highest BCUT2D eigenvalue weighted by molar-refractivity contribution is 5.88. The number of aromatic hydroxyl groups is 1. The quantitative estimate of drug-likeness (QED) is 0.894. The Balaban J connectivity index is 1.54. The van der Waals surface area contributed by atoms with Gasteiger partial charge in [-0.2, -0.15) is 0 Å². The lowest BCUT2D eigenvalue weighted by Gasteiger charge is -2.32. The van der Waals surface area contributed by atoms with Crippen LogP contribution in [0.25, 0.3) is 0 Å². The number of carbonyl (C=O) groups is 1. The summed E-state index contributed by atoms with van der Waals surface area (Å²) in [4.78, 5) is 18.0. The maximum absolute atomic E-state index is 12.2. The van der Waals surface area contributed by atoms with Gasteiger partial charge in [0.2, 0.25) is 0 Å². The Kier molecular flexibility index (Phi) is 4.23. The van der Waals surface area contributed by atoms with Gasteiger partial charge in [-0.3, -0.25) is 5.32 Å². The second-order valence-electron chi connectivity index (χ2n) is 5.50. The summed E-state index contributed by atoms with van der Waals surface area (Å²) in [6.45, 7) is 1.48. The van der Waals surface area contributed by atoms with Gasteiger partial charge in [0.05, 0.1) is 6.20 Å². The number of aromatic nitrogens is 1. The third-order valence-corrected chi connectivity index (χ3v) is 4.04. The molecule has 3 rings (SSSR count). The van der Waals surface area contributed by atoms with Gasteiger partial charge in [0.15, 0.2) is 0 Å². The number of nitrogens with one attached hydrogen (secondary N) is 1. The van der Waals surface area contributed by atoms with Gasteiger partial charge in [0, 0.05) is 13.1 Å². The zero-order chi connectivity index (χ0) is 15.4. The van der Waals surface area contributed by atoms with Crippen LogP contribution >= 0.6 is 0 Å². The molecule has 22 heavy (non-hydrogen) atoms. The highest BCUT2D eigenvalue weighted by Gasteiger charge is 2.23. The fraction of sp³-hybridized carbons (Fsp3) is 0.294. The van der Waals surface area contributed by atoms with Crippen molar-refractivity contribution in [1.29, 1.82) is 0 Å². The average molecular weight is 297 g/mol. The van der Waals surface area contributed by atoms with E-state index in [4.69, 9.17) is 0 Å². The first-order valence-electron chi connectivity index (χ1n) is 7.48. The first-order chi connectivity index (χ1) is 10.7. The number of pyridine rings is 1. The molecule has 114 valence electrons. The molecule has 1 fully saturated rings. The monoisotopic (exact) mass is 297 g/mol. The van der Waals surface area contributed by atoms with Crippen LogP contribution in [-0.4, -0.2) is 34.1 Å². The highest BCUT2D eigenvalue weighted by atomic mass is 16.3. The number of urea groups is 1. The fourth-order valence-corrected chi connectivity index (χ4v) is 2.79. The summed E-state index contributed by atoms with van der Waals surface area (Å²) in [6.07, 6.45) is 3.26. The van der Waals surface area contributed by atoms with Gasteiger partial charge in [-0.25, -0.2) is 9.78 Å². The predicted octanol–water partition coefficient (Wildman–Crippen LogP) is 3.20. The number of benzene rings is 1. The van der Waals surface area contributed by atoms with E-state index in [2.05, 4.69) is 34.6 Å². The van der Waals surface area contributed by atoms with E-state index in [1.54, 1.807) is 6.07 Å². The molecule has 0 spiro atoms. The summed E-state index contributed by atoms with van der Waals surface area (Å²) in [7, 11) is 0. The number of amides is 2. The van der Waals surface area contributed by atoms with E-state index in [-0.39, 0.29) is 11.8 Å². The summed E-state index contributed by atoms with van der Waals surface area (Å²) in [5.41, 5.74) is 1.35. The number of nitrogens with zero attached hydrogens (tertiary/aromatic N) is 2. The number of hydrogen-bond acceptors (Lipinski definition) is 3. The predicted molar refractivity (Wildman–Crippen MR) is 84.9 cm³/mol. The molecule has 1 saturated heterocycles. The van der Waals surface area contributed by atoms with Crippen LogP contribution in [0.15, 0.2) is 48.7 Å². The Labute approximate surface area is 129 Å². The second-order valence-corrected chi connectivity index (χ2v) is 5.50. The lowest BCUT2D eigenvalue weighted by atomic mass is 9.90. The molecule has 2 aromatic rings. The summed E-state index contributed by atoms with van der Waals surface area (Å²) in [5.74, 6) is 1.06. The number of likely N-dealkylation sites (tertiary alicyclic amines) is 1. The molecule has 2 heterocycles. The molecule has 5 heteroatoms. The van der Waals surface area contributed by atoms with Crippen LogP contribution in [0.3, 0.4) is 0 Å². The molecular formula is C17H19N3O2. The summed E-state index contributed by atoms with van der Waals surface area (Å²) in [6, 6.07) is 13.4. The van der Waals surface area contributed by atoms with E-state index in [1.165, 1.54) is 17.8 Å². The molecule has 0 atom stereocenters. The maximum Gasteiger partial charge on any atom is 0.323 e. The van der Waals surface area contributed by atoms with Gasteiger partial charge in [0.1, 0.15) is 11.6 Å². The van der Waals surface area contributed by atoms with Crippen LogP contribution < -0.4 is 5.32 Å². The van der Waals surface area contributed by atoms with Gasteiger partial charge >= 0.3 is 6.03 Å². The van der Waals surface area contributed by atoms with Crippen molar-refractivity contribution >= 4 is 11.8 Å². The third kappa shape index (κ3) is 3.36. The van der Waals surface area contributed by atoms with Gasteiger partial charge in [-0.05, 0) is 36.5 Å². The molecular weight excluding hydrogens is 278 g/mol. The van der Waals surface area contributed by atoms with Crippen molar-refractivity contribution in [3.05, 3.63) is 54.2 Å². The van der Waals surface area contributed by atoms with E-state index >= 15 is 0 Å². The molecule has 2 amide bonds. The topological polar surface area (TPSA) is 65.5 Å². The van der Waals surface area contributed by atoms with Crippen LogP contribution in [0.2, 0.25) is 0 Å². The molecule has 0 radical (unpaired) electrons. The number of hydrogen-bond donors (Lipinski definition) is 2. The zero-order valence-corrected chi connectivity index (χ0v) is 12.3. The van der Waals surface area contributed by atoms with Gasteiger partial charge in [-0.1, -0.05) is 30.3 Å². The number of carbonyl (C=O) groups excluding carboxylic acids is 1. The van der Waals surface area contributed by atoms with Crippen molar-refractivity contribution in [2.75, 3.05) is 18.4 Å². The number of anilines is 1. The van der Waals surface area contributed by atoms with E-state index in [0.717, 1.165) is 25.9 Å². The summed E-state index contributed by atoms with van der Waals surface area (Å²) in [5, 5.41) is 11.9. The van der Waals surface area contributed by atoms with Crippen molar-refractivity contribution in [1.82, 2.24) is 9.88 Å². The van der Waals surface area contributed by atoms with Gasteiger partial charge < -0.3 is 10.0 Å². The lowest BCUT2D eigenvalue weighted by molar-refractivity contribution is 0.194. The van der Waals surface area contributed by atoms with E-state index < -0.39 is 0 Å². The highest BCUT2D eigenvalue weighted by Crippen LogP contribution is 2.27. The fourth-order valence-electron chi connectivity index (χ4n) is 2.79. The summed E-state index contributed by atoms with van der Waals surface area (Å²) < 4.78 is 0. The third-order valence-electron chi connectivity index (χ3n) is 4.04. The van der Waals surface area contributed by atoms with E-state index in [9.17, 15) is 9.90 Å². The normalized spacial score (nSPS) is 15.5. The van der Waals surface area contributed by atoms with Crippen molar-refractivity contribution in [2.45, 2.75) is 18.8 Å². The number of piperidine rings is 1. The molecule has 5 nitrogen and oxygen atoms in total. The smallest absolute Gasteiger partial charge is 0.323 e. The Morgan fingerprint density at radius 2 is 1.86 bits per heavy atom. The molecule has 0 aliphatic carbocycles. The lowest BCUT2D eigenvalue weighted by Crippen LogP contribution is -2.40. The largest absolute Gasteiger partial charge is 0.506 e. The molecule has 0 saturated carbocycles. The van der Waals surface area contributed by atoms with Crippen molar-refractivity contribution in [3.63, 3.8) is 0 Å². The zero-order valence-electron chi connectivity index (χ0n) is 12.3.